The van der Waals surface area contributed by atoms with Gasteiger partial charge in [-0.15, -0.1) is 0 Å². The Kier molecular flexibility index (Phi) is 2.77. The van der Waals surface area contributed by atoms with Gasteiger partial charge in [-0.1, -0.05) is 11.6 Å². The van der Waals surface area contributed by atoms with E-state index < -0.39 is 5.91 Å². The smallest absolute Gasteiger partial charge is 0.250 e. The van der Waals surface area contributed by atoms with E-state index in [1.807, 2.05) is 0 Å². The molecule has 1 saturated heterocycles. The van der Waals surface area contributed by atoms with Crippen molar-refractivity contribution in [1.29, 1.82) is 0 Å². The van der Waals surface area contributed by atoms with Crippen molar-refractivity contribution in [2.45, 2.75) is 12.8 Å². The standard InChI is InChI=1S/C10H12ClN3O/c11-8-5-7(9(12)15)6-13-10(8)14-3-1-2-4-14/h5-6H,1-4H2,(H2,12,15). The molecule has 1 aliphatic heterocycles. The molecule has 0 spiro atoms. The summed E-state index contributed by atoms with van der Waals surface area (Å²) in [5.74, 6) is 0.247. The lowest BCUT2D eigenvalue weighted by atomic mass is 10.2. The van der Waals surface area contributed by atoms with E-state index in [1.165, 1.54) is 6.20 Å². The van der Waals surface area contributed by atoms with Crippen molar-refractivity contribution in [2.24, 2.45) is 5.73 Å². The van der Waals surface area contributed by atoms with E-state index in [9.17, 15) is 4.79 Å². The van der Waals surface area contributed by atoms with Crippen molar-refractivity contribution in [3.63, 3.8) is 0 Å². The molecule has 0 radical (unpaired) electrons. The van der Waals surface area contributed by atoms with Gasteiger partial charge in [-0.3, -0.25) is 4.79 Å². The number of carbonyl (C=O) groups is 1. The van der Waals surface area contributed by atoms with E-state index in [-0.39, 0.29) is 0 Å². The zero-order valence-corrected chi connectivity index (χ0v) is 9.00. The molecule has 0 unspecified atom stereocenters. The topological polar surface area (TPSA) is 59.2 Å². The van der Waals surface area contributed by atoms with Crippen molar-refractivity contribution in [2.75, 3.05) is 18.0 Å². The van der Waals surface area contributed by atoms with E-state index in [4.69, 9.17) is 17.3 Å². The molecule has 2 heterocycles. The van der Waals surface area contributed by atoms with Gasteiger partial charge in [-0.25, -0.2) is 4.98 Å². The maximum atomic E-state index is 10.9. The van der Waals surface area contributed by atoms with Gasteiger partial charge < -0.3 is 10.6 Å². The van der Waals surface area contributed by atoms with E-state index in [0.717, 1.165) is 31.7 Å². The second-order valence-corrected chi connectivity index (χ2v) is 4.00. The second kappa shape index (κ2) is 4.06. The number of pyridine rings is 1. The highest BCUT2D eigenvalue weighted by Crippen LogP contribution is 2.26. The van der Waals surface area contributed by atoms with Crippen molar-refractivity contribution in [1.82, 2.24) is 4.98 Å². The summed E-state index contributed by atoms with van der Waals surface area (Å²) < 4.78 is 0. The van der Waals surface area contributed by atoms with Gasteiger partial charge in [0.15, 0.2) is 0 Å². The first-order valence-corrected chi connectivity index (χ1v) is 5.26. The maximum Gasteiger partial charge on any atom is 0.250 e. The van der Waals surface area contributed by atoms with E-state index in [1.54, 1.807) is 6.07 Å². The first-order valence-electron chi connectivity index (χ1n) is 4.89. The summed E-state index contributed by atoms with van der Waals surface area (Å²) in [5, 5.41) is 0.494. The van der Waals surface area contributed by atoms with Gasteiger partial charge in [0.05, 0.1) is 10.6 Å². The Hall–Kier alpha value is -1.29. The molecule has 4 nitrogen and oxygen atoms in total. The lowest BCUT2D eigenvalue weighted by molar-refractivity contribution is 0.1000. The van der Waals surface area contributed by atoms with Crippen LogP contribution in [0, 0.1) is 0 Å². The number of amides is 1. The third kappa shape index (κ3) is 2.04. The van der Waals surface area contributed by atoms with Gasteiger partial charge in [0.25, 0.3) is 0 Å². The average Bonchev–Trinajstić information content (AvgIpc) is 2.70. The number of nitrogens with zero attached hydrogens (tertiary/aromatic N) is 2. The van der Waals surface area contributed by atoms with Crippen LogP contribution in [-0.2, 0) is 0 Å². The second-order valence-electron chi connectivity index (χ2n) is 3.59. The zero-order valence-electron chi connectivity index (χ0n) is 8.24. The molecule has 1 amide bonds. The fourth-order valence-corrected chi connectivity index (χ4v) is 2.01. The molecule has 0 saturated carbocycles. The van der Waals surface area contributed by atoms with Crippen molar-refractivity contribution in [3.05, 3.63) is 22.8 Å². The molecule has 1 aliphatic rings. The quantitative estimate of drug-likeness (QED) is 0.829. The molecule has 1 aromatic heterocycles. The number of halogens is 1. The number of aromatic nitrogens is 1. The minimum absolute atomic E-state index is 0.350. The monoisotopic (exact) mass is 225 g/mol. The van der Waals surface area contributed by atoms with Crippen LogP contribution >= 0.6 is 11.6 Å². The van der Waals surface area contributed by atoms with Crippen LogP contribution in [0.2, 0.25) is 5.02 Å². The summed E-state index contributed by atoms with van der Waals surface area (Å²) in [7, 11) is 0. The minimum atomic E-state index is -0.502. The Bertz CT molecular complexity index is 388. The van der Waals surface area contributed by atoms with Crippen LogP contribution in [0.1, 0.15) is 23.2 Å². The predicted octanol–water partition coefficient (Wildman–Crippen LogP) is 1.43. The highest BCUT2D eigenvalue weighted by Gasteiger charge is 2.17. The largest absolute Gasteiger partial charge is 0.366 e. The van der Waals surface area contributed by atoms with E-state index >= 15 is 0 Å². The van der Waals surface area contributed by atoms with Crippen LogP contribution in [0.3, 0.4) is 0 Å². The lowest BCUT2D eigenvalue weighted by Gasteiger charge is -2.17. The van der Waals surface area contributed by atoms with Crippen molar-refractivity contribution >= 4 is 23.3 Å². The SMILES string of the molecule is NC(=O)c1cnc(N2CCCC2)c(Cl)c1. The van der Waals surface area contributed by atoms with Gasteiger partial charge in [0, 0.05) is 19.3 Å². The van der Waals surface area contributed by atoms with Crippen LogP contribution < -0.4 is 10.6 Å². The third-order valence-corrected chi connectivity index (χ3v) is 2.79. The normalized spacial score (nSPS) is 15.7. The number of hydrogen-bond donors (Lipinski definition) is 1. The minimum Gasteiger partial charge on any atom is -0.366 e. The molecule has 1 fully saturated rings. The summed E-state index contributed by atoms with van der Waals surface area (Å²) in [5.41, 5.74) is 5.48. The fraction of sp³-hybridized carbons (Fsp3) is 0.400. The molecule has 0 aromatic carbocycles. The molecule has 1 aromatic rings. The highest BCUT2D eigenvalue weighted by molar-refractivity contribution is 6.33. The highest BCUT2D eigenvalue weighted by atomic mass is 35.5. The van der Waals surface area contributed by atoms with Gasteiger partial charge in [0.2, 0.25) is 5.91 Å². The predicted molar refractivity (Wildman–Crippen MR) is 59.2 cm³/mol. The van der Waals surface area contributed by atoms with Crippen molar-refractivity contribution in [3.8, 4) is 0 Å². The van der Waals surface area contributed by atoms with Crippen LogP contribution in [-0.4, -0.2) is 24.0 Å². The van der Waals surface area contributed by atoms with Crippen LogP contribution in [0.5, 0.6) is 0 Å². The van der Waals surface area contributed by atoms with Crippen LogP contribution in [0.15, 0.2) is 12.3 Å². The molecule has 5 heteroatoms. The summed E-state index contributed by atoms with van der Waals surface area (Å²) in [6.07, 6.45) is 3.80. The number of nitrogens with two attached hydrogens (primary N) is 1. The Labute approximate surface area is 93.0 Å². The zero-order chi connectivity index (χ0) is 10.8. The molecule has 2 N–H and O–H groups in total. The maximum absolute atomic E-state index is 10.9. The third-order valence-electron chi connectivity index (χ3n) is 2.51. The molecule has 0 aliphatic carbocycles. The van der Waals surface area contributed by atoms with Gasteiger partial charge in [0.1, 0.15) is 5.82 Å². The molecule has 0 bridgehead atoms. The van der Waals surface area contributed by atoms with Crippen LogP contribution in [0.4, 0.5) is 5.82 Å². The van der Waals surface area contributed by atoms with E-state index in [0.29, 0.717) is 10.6 Å². The van der Waals surface area contributed by atoms with Gasteiger partial charge in [-0.05, 0) is 18.9 Å². The van der Waals surface area contributed by atoms with Crippen LogP contribution in [0.25, 0.3) is 0 Å². The lowest BCUT2D eigenvalue weighted by Crippen LogP contribution is -2.20. The Morgan fingerprint density at radius 3 is 2.67 bits per heavy atom. The number of primary amides is 1. The van der Waals surface area contributed by atoms with Gasteiger partial charge >= 0.3 is 0 Å². The van der Waals surface area contributed by atoms with E-state index in [2.05, 4.69) is 9.88 Å². The Morgan fingerprint density at radius 1 is 1.47 bits per heavy atom. The number of rotatable bonds is 2. The van der Waals surface area contributed by atoms with Gasteiger partial charge in [-0.2, -0.15) is 0 Å². The molecule has 80 valence electrons. The molecule has 2 rings (SSSR count). The summed E-state index contributed by atoms with van der Waals surface area (Å²) >= 11 is 6.04. The average molecular weight is 226 g/mol. The summed E-state index contributed by atoms with van der Waals surface area (Å²) in [4.78, 5) is 17.2. The first kappa shape index (κ1) is 10.2. The Morgan fingerprint density at radius 2 is 2.13 bits per heavy atom. The molecular weight excluding hydrogens is 214 g/mol. The molecule has 15 heavy (non-hydrogen) atoms. The summed E-state index contributed by atoms with van der Waals surface area (Å²) in [6, 6.07) is 1.57. The number of hydrogen-bond acceptors (Lipinski definition) is 3. The molecular formula is C10H12ClN3O. The van der Waals surface area contributed by atoms with Crippen molar-refractivity contribution < 1.29 is 4.79 Å². The first-order chi connectivity index (χ1) is 7.18. The summed E-state index contributed by atoms with van der Waals surface area (Å²) in [6.45, 7) is 1.95. The fourth-order valence-electron chi connectivity index (χ4n) is 1.73. The number of carbonyl (C=O) groups excluding carboxylic acids is 1. The Balaban J connectivity index is 2.29. The molecule has 0 atom stereocenters. The number of anilines is 1.